The van der Waals surface area contributed by atoms with Crippen LogP contribution in [0.25, 0.3) is 0 Å². The molecule has 0 saturated carbocycles. The molecule has 2 aromatic rings. The van der Waals surface area contributed by atoms with Crippen molar-refractivity contribution in [2.45, 2.75) is 0 Å². The molecule has 2 aromatic carbocycles. The zero-order valence-corrected chi connectivity index (χ0v) is 15.0. The molecule has 0 heterocycles. The number of carbonyl (C=O) groups excluding carboxylic acids is 2. The lowest BCUT2D eigenvalue weighted by molar-refractivity contribution is -0.117. The van der Waals surface area contributed by atoms with Gasteiger partial charge in [-0.2, -0.15) is 0 Å². The standard InChI is InChI=1S/C21H22FN3O2/c1-3-13-25(14-4-2)15-20(26)24-19-8-6-5-7-18(19)21(27)23-17-11-9-16(22)10-12-17/h3-12H,1-2,13-15H2,(H,23,27)(H,24,26). The minimum absolute atomic E-state index is 0.145. The number of carbonyl (C=O) groups is 2. The highest BCUT2D eigenvalue weighted by Gasteiger charge is 2.15. The average molecular weight is 367 g/mol. The first-order chi connectivity index (χ1) is 13.0. The lowest BCUT2D eigenvalue weighted by Crippen LogP contribution is -2.34. The quantitative estimate of drug-likeness (QED) is 0.665. The zero-order chi connectivity index (χ0) is 19.6. The van der Waals surface area contributed by atoms with E-state index in [9.17, 15) is 14.0 Å². The largest absolute Gasteiger partial charge is 0.324 e. The number of amides is 2. The summed E-state index contributed by atoms with van der Waals surface area (Å²) in [6.07, 6.45) is 3.42. The number of nitrogens with one attached hydrogen (secondary N) is 2. The average Bonchev–Trinajstić information content (AvgIpc) is 2.64. The number of benzene rings is 2. The van der Waals surface area contributed by atoms with Crippen LogP contribution < -0.4 is 10.6 Å². The molecule has 140 valence electrons. The van der Waals surface area contributed by atoms with Gasteiger partial charge in [-0.3, -0.25) is 14.5 Å². The van der Waals surface area contributed by atoms with Gasteiger partial charge in [-0.15, -0.1) is 13.2 Å². The summed E-state index contributed by atoms with van der Waals surface area (Å²) in [6.45, 7) is 8.59. The van der Waals surface area contributed by atoms with Gasteiger partial charge >= 0.3 is 0 Å². The maximum Gasteiger partial charge on any atom is 0.257 e. The zero-order valence-electron chi connectivity index (χ0n) is 15.0. The van der Waals surface area contributed by atoms with Crippen molar-refractivity contribution in [3.8, 4) is 0 Å². The molecule has 27 heavy (non-hydrogen) atoms. The van der Waals surface area contributed by atoms with Gasteiger partial charge in [0.05, 0.1) is 17.8 Å². The fourth-order valence-electron chi connectivity index (χ4n) is 2.48. The highest BCUT2D eigenvalue weighted by Crippen LogP contribution is 2.18. The van der Waals surface area contributed by atoms with Gasteiger partial charge in [0.15, 0.2) is 0 Å². The van der Waals surface area contributed by atoms with Crippen LogP contribution in [0.3, 0.4) is 0 Å². The van der Waals surface area contributed by atoms with Crippen LogP contribution in [0.5, 0.6) is 0 Å². The second-order valence-corrected chi connectivity index (χ2v) is 5.83. The van der Waals surface area contributed by atoms with Crippen LogP contribution in [0.2, 0.25) is 0 Å². The number of hydrogen-bond acceptors (Lipinski definition) is 3. The first-order valence-corrected chi connectivity index (χ1v) is 8.43. The molecule has 5 nitrogen and oxygen atoms in total. The van der Waals surface area contributed by atoms with Crippen LogP contribution in [-0.4, -0.2) is 36.3 Å². The van der Waals surface area contributed by atoms with Gasteiger partial charge in [0.25, 0.3) is 5.91 Å². The van der Waals surface area contributed by atoms with Crippen molar-refractivity contribution < 1.29 is 14.0 Å². The van der Waals surface area contributed by atoms with Crippen molar-refractivity contribution in [2.24, 2.45) is 0 Å². The van der Waals surface area contributed by atoms with Gasteiger partial charge < -0.3 is 10.6 Å². The summed E-state index contributed by atoms with van der Waals surface area (Å²) in [4.78, 5) is 26.7. The molecule has 0 fully saturated rings. The number of nitrogens with zero attached hydrogens (tertiary/aromatic N) is 1. The molecule has 0 radical (unpaired) electrons. The minimum atomic E-state index is -0.397. The lowest BCUT2D eigenvalue weighted by Gasteiger charge is -2.18. The first-order valence-electron chi connectivity index (χ1n) is 8.43. The molecule has 0 aliphatic carbocycles. The summed E-state index contributed by atoms with van der Waals surface area (Å²) in [5.74, 6) is -1.03. The van der Waals surface area contributed by atoms with E-state index < -0.39 is 5.91 Å². The number of hydrogen-bond donors (Lipinski definition) is 2. The summed E-state index contributed by atoms with van der Waals surface area (Å²) < 4.78 is 13.0. The van der Waals surface area contributed by atoms with Crippen LogP contribution in [-0.2, 0) is 4.79 Å². The van der Waals surface area contributed by atoms with E-state index in [1.54, 1.807) is 36.4 Å². The van der Waals surface area contributed by atoms with Crippen LogP contribution in [0, 0.1) is 5.82 Å². The van der Waals surface area contributed by atoms with Crippen molar-refractivity contribution in [3.05, 3.63) is 85.2 Å². The van der Waals surface area contributed by atoms with Crippen LogP contribution >= 0.6 is 0 Å². The SMILES string of the molecule is C=CCN(CC=C)CC(=O)Nc1ccccc1C(=O)Nc1ccc(F)cc1. The number of anilines is 2. The van der Waals surface area contributed by atoms with Crippen molar-refractivity contribution in [2.75, 3.05) is 30.3 Å². The molecule has 2 amide bonds. The fourth-order valence-corrected chi connectivity index (χ4v) is 2.48. The Morgan fingerprint density at radius 3 is 2.22 bits per heavy atom. The molecular formula is C21H22FN3O2. The number of halogens is 1. The van der Waals surface area contributed by atoms with Crippen LogP contribution in [0.4, 0.5) is 15.8 Å². The van der Waals surface area contributed by atoms with Crippen LogP contribution in [0.15, 0.2) is 73.8 Å². The molecule has 0 atom stereocenters. The molecule has 0 unspecified atom stereocenters. The highest BCUT2D eigenvalue weighted by molar-refractivity contribution is 6.10. The van der Waals surface area contributed by atoms with Gasteiger partial charge in [-0.05, 0) is 36.4 Å². The van der Waals surface area contributed by atoms with E-state index >= 15 is 0 Å². The minimum Gasteiger partial charge on any atom is -0.324 e. The maximum atomic E-state index is 13.0. The third-order valence-electron chi connectivity index (χ3n) is 3.69. The number of rotatable bonds is 9. The van der Waals surface area contributed by atoms with Gasteiger partial charge in [0.2, 0.25) is 5.91 Å². The Kier molecular flexibility index (Phi) is 7.46. The van der Waals surface area contributed by atoms with Gasteiger partial charge in [0, 0.05) is 18.8 Å². The Bertz CT molecular complexity index is 808. The van der Waals surface area contributed by atoms with Gasteiger partial charge in [-0.1, -0.05) is 24.3 Å². The van der Waals surface area contributed by atoms with Crippen molar-refractivity contribution in [3.63, 3.8) is 0 Å². The van der Waals surface area contributed by atoms with Gasteiger partial charge in [0.1, 0.15) is 5.82 Å². The molecule has 0 bridgehead atoms. The fraction of sp³-hybridized carbons (Fsp3) is 0.143. The van der Waals surface area contributed by atoms with Crippen LogP contribution in [0.1, 0.15) is 10.4 Å². The Morgan fingerprint density at radius 1 is 0.963 bits per heavy atom. The maximum absolute atomic E-state index is 13.0. The van der Waals surface area contributed by atoms with Crippen molar-refractivity contribution in [1.82, 2.24) is 4.90 Å². The van der Waals surface area contributed by atoms with Crippen molar-refractivity contribution >= 4 is 23.2 Å². The Balaban J connectivity index is 2.08. The van der Waals surface area contributed by atoms with E-state index in [0.29, 0.717) is 30.0 Å². The normalized spacial score (nSPS) is 10.3. The smallest absolute Gasteiger partial charge is 0.257 e. The van der Waals surface area contributed by atoms with Crippen molar-refractivity contribution in [1.29, 1.82) is 0 Å². The van der Waals surface area contributed by atoms with E-state index in [4.69, 9.17) is 0 Å². The molecule has 0 aromatic heterocycles. The summed E-state index contributed by atoms with van der Waals surface area (Å²) in [6, 6.07) is 12.2. The second kappa shape index (κ2) is 10.0. The molecule has 0 spiro atoms. The topological polar surface area (TPSA) is 61.4 Å². The Morgan fingerprint density at radius 2 is 1.59 bits per heavy atom. The molecule has 6 heteroatoms. The third-order valence-corrected chi connectivity index (χ3v) is 3.69. The van der Waals surface area contributed by atoms with E-state index in [0.717, 1.165) is 0 Å². The Labute approximate surface area is 158 Å². The second-order valence-electron chi connectivity index (χ2n) is 5.83. The molecule has 0 aliphatic heterocycles. The summed E-state index contributed by atoms with van der Waals surface area (Å²) >= 11 is 0. The third kappa shape index (κ3) is 6.20. The molecule has 0 saturated heterocycles. The molecule has 0 aliphatic rings. The summed E-state index contributed by atoms with van der Waals surface area (Å²) in [5.41, 5.74) is 1.18. The first kappa shape index (κ1) is 20.1. The van der Waals surface area contributed by atoms with E-state index in [1.165, 1.54) is 24.3 Å². The summed E-state index contributed by atoms with van der Waals surface area (Å²) in [5, 5.41) is 5.45. The monoisotopic (exact) mass is 367 g/mol. The van der Waals surface area contributed by atoms with Gasteiger partial charge in [-0.25, -0.2) is 4.39 Å². The number of para-hydroxylation sites is 1. The van der Waals surface area contributed by atoms with E-state index in [2.05, 4.69) is 23.8 Å². The highest BCUT2D eigenvalue weighted by atomic mass is 19.1. The Hall–Kier alpha value is -3.25. The lowest BCUT2D eigenvalue weighted by atomic mass is 10.1. The predicted molar refractivity (Wildman–Crippen MR) is 106 cm³/mol. The van der Waals surface area contributed by atoms with E-state index in [1.807, 2.05) is 4.90 Å². The van der Waals surface area contributed by atoms with E-state index in [-0.39, 0.29) is 18.3 Å². The molecule has 2 N–H and O–H groups in total. The molecular weight excluding hydrogens is 345 g/mol. The predicted octanol–water partition coefficient (Wildman–Crippen LogP) is 3.69. The molecule has 2 rings (SSSR count). The summed E-state index contributed by atoms with van der Waals surface area (Å²) in [7, 11) is 0.